The summed E-state index contributed by atoms with van der Waals surface area (Å²) in [4.78, 5) is 11.4. The van der Waals surface area contributed by atoms with Crippen molar-refractivity contribution in [2.75, 3.05) is 6.54 Å². The van der Waals surface area contributed by atoms with Crippen molar-refractivity contribution in [3.8, 4) is 11.6 Å². The van der Waals surface area contributed by atoms with Crippen LogP contribution in [0.3, 0.4) is 0 Å². The molecule has 0 saturated carbocycles. The minimum atomic E-state index is 0.534. The van der Waals surface area contributed by atoms with Crippen LogP contribution in [0.1, 0.15) is 31.6 Å². The second-order valence-corrected chi connectivity index (χ2v) is 4.64. The first-order valence-corrected chi connectivity index (χ1v) is 6.47. The monoisotopic (exact) mass is 247 g/mol. The lowest BCUT2D eigenvalue weighted by atomic mass is 10.0. The summed E-state index contributed by atoms with van der Waals surface area (Å²) in [6.45, 7) is 1.13. The third-order valence-electron chi connectivity index (χ3n) is 3.30. The van der Waals surface area contributed by atoms with Gasteiger partial charge in [-0.3, -0.25) is 0 Å². The van der Waals surface area contributed by atoms with Gasteiger partial charge in [-0.15, -0.1) is 0 Å². The van der Waals surface area contributed by atoms with Gasteiger partial charge in [0, 0.05) is 24.9 Å². The lowest BCUT2D eigenvalue weighted by molar-refractivity contribution is 0.342. The van der Waals surface area contributed by atoms with E-state index in [4.69, 9.17) is 4.52 Å². The number of piperidine rings is 1. The Morgan fingerprint density at radius 2 is 2.39 bits per heavy atom. The molecular weight excluding hydrogens is 230 g/mol. The highest BCUT2D eigenvalue weighted by Gasteiger charge is 2.15. The summed E-state index contributed by atoms with van der Waals surface area (Å²) < 4.78 is 5.23. The van der Waals surface area contributed by atoms with E-state index >= 15 is 0 Å². The predicted octanol–water partition coefficient (Wildman–Crippen LogP) is 1.53. The molecule has 3 heterocycles. The Bertz CT molecular complexity index is 472. The number of hydrogen-bond donors (Lipinski definition) is 2. The maximum atomic E-state index is 5.23. The first-order valence-electron chi connectivity index (χ1n) is 6.47. The highest BCUT2D eigenvalue weighted by atomic mass is 16.5. The molecule has 1 fully saturated rings. The van der Waals surface area contributed by atoms with Crippen LogP contribution in [-0.4, -0.2) is 32.7 Å². The van der Waals surface area contributed by atoms with Crippen LogP contribution in [0.25, 0.3) is 11.6 Å². The van der Waals surface area contributed by atoms with Gasteiger partial charge >= 0.3 is 0 Å². The highest BCUT2D eigenvalue weighted by molar-refractivity contribution is 5.40. The van der Waals surface area contributed by atoms with Gasteiger partial charge in [0.05, 0.1) is 0 Å². The molecule has 1 atom stereocenters. The summed E-state index contributed by atoms with van der Waals surface area (Å²) in [7, 11) is 0. The fraction of sp³-hybridized carbons (Fsp3) is 0.583. The molecule has 1 unspecified atom stereocenters. The predicted molar refractivity (Wildman–Crippen MR) is 65.8 cm³/mol. The van der Waals surface area contributed by atoms with Gasteiger partial charge in [0.1, 0.15) is 0 Å². The Labute approximate surface area is 105 Å². The summed E-state index contributed by atoms with van der Waals surface area (Å²) in [5, 5.41) is 7.44. The van der Waals surface area contributed by atoms with Crippen molar-refractivity contribution in [1.82, 2.24) is 25.4 Å². The largest absolute Gasteiger partial charge is 0.342 e. The number of aryl methyl sites for hydroxylation is 1. The van der Waals surface area contributed by atoms with Crippen LogP contribution in [-0.2, 0) is 6.42 Å². The standard InChI is InChI=1S/C12H17N5O/c1-2-6-13-9(3-1)4-5-10-16-12(17-18-10)11-14-7-8-15-11/h7-9,13H,1-6H2,(H,14,15). The number of hydrogen-bond acceptors (Lipinski definition) is 5. The first kappa shape index (κ1) is 11.4. The normalized spacial score (nSPS) is 20.1. The molecule has 1 saturated heterocycles. The summed E-state index contributed by atoms with van der Waals surface area (Å²) in [5.74, 6) is 1.88. The second-order valence-electron chi connectivity index (χ2n) is 4.64. The molecule has 2 aromatic rings. The van der Waals surface area contributed by atoms with Crippen LogP contribution < -0.4 is 5.32 Å². The number of rotatable bonds is 4. The lowest BCUT2D eigenvalue weighted by Gasteiger charge is -2.22. The molecule has 0 amide bonds. The summed E-state index contributed by atoms with van der Waals surface area (Å²) in [6, 6.07) is 0.595. The van der Waals surface area contributed by atoms with E-state index in [0.717, 1.165) is 19.4 Å². The second kappa shape index (κ2) is 5.30. The smallest absolute Gasteiger partial charge is 0.238 e. The van der Waals surface area contributed by atoms with Crippen LogP contribution in [0.5, 0.6) is 0 Å². The maximum Gasteiger partial charge on any atom is 0.238 e. The van der Waals surface area contributed by atoms with E-state index in [1.54, 1.807) is 12.4 Å². The number of H-pyrrole nitrogens is 1. The number of nitrogens with zero attached hydrogens (tertiary/aromatic N) is 3. The first-order chi connectivity index (χ1) is 8.92. The molecule has 2 N–H and O–H groups in total. The molecule has 6 heteroatoms. The van der Waals surface area contributed by atoms with Gasteiger partial charge < -0.3 is 14.8 Å². The van der Waals surface area contributed by atoms with Crippen molar-refractivity contribution >= 4 is 0 Å². The van der Waals surface area contributed by atoms with E-state index in [0.29, 0.717) is 23.6 Å². The molecule has 0 radical (unpaired) electrons. The zero-order valence-corrected chi connectivity index (χ0v) is 10.2. The zero-order valence-electron chi connectivity index (χ0n) is 10.2. The molecule has 96 valence electrons. The molecule has 1 aliphatic rings. The Morgan fingerprint density at radius 1 is 1.39 bits per heavy atom. The topological polar surface area (TPSA) is 79.6 Å². The highest BCUT2D eigenvalue weighted by Crippen LogP contribution is 2.14. The van der Waals surface area contributed by atoms with Gasteiger partial charge in [0.2, 0.25) is 11.7 Å². The number of nitrogens with one attached hydrogen (secondary N) is 2. The fourth-order valence-corrected chi connectivity index (χ4v) is 2.31. The Morgan fingerprint density at radius 3 is 3.17 bits per heavy atom. The van der Waals surface area contributed by atoms with Crippen molar-refractivity contribution in [2.45, 2.75) is 38.1 Å². The van der Waals surface area contributed by atoms with Crippen molar-refractivity contribution in [3.05, 3.63) is 18.3 Å². The van der Waals surface area contributed by atoms with Crippen LogP contribution in [0.15, 0.2) is 16.9 Å². The minimum absolute atomic E-state index is 0.534. The summed E-state index contributed by atoms with van der Waals surface area (Å²) in [5.41, 5.74) is 0. The van der Waals surface area contributed by atoms with Gasteiger partial charge in [0.15, 0.2) is 5.82 Å². The van der Waals surface area contributed by atoms with Gasteiger partial charge in [0.25, 0.3) is 0 Å². The third-order valence-corrected chi connectivity index (χ3v) is 3.30. The SMILES string of the molecule is c1c[nH]c(-c2noc(CCC3CCCCN3)n2)n1. The van der Waals surface area contributed by atoms with Crippen LogP contribution in [0, 0.1) is 0 Å². The van der Waals surface area contributed by atoms with Crippen molar-refractivity contribution < 1.29 is 4.52 Å². The molecule has 18 heavy (non-hydrogen) atoms. The van der Waals surface area contributed by atoms with Crippen LogP contribution in [0.4, 0.5) is 0 Å². The van der Waals surface area contributed by atoms with E-state index in [2.05, 4.69) is 25.4 Å². The van der Waals surface area contributed by atoms with E-state index in [-0.39, 0.29) is 0 Å². The van der Waals surface area contributed by atoms with E-state index in [1.807, 2.05) is 0 Å². The van der Waals surface area contributed by atoms with Gasteiger partial charge in [-0.1, -0.05) is 11.6 Å². The molecule has 6 nitrogen and oxygen atoms in total. The average molecular weight is 247 g/mol. The molecule has 0 bridgehead atoms. The van der Waals surface area contributed by atoms with Crippen molar-refractivity contribution in [2.24, 2.45) is 0 Å². The molecular formula is C12H17N5O. The van der Waals surface area contributed by atoms with Gasteiger partial charge in [-0.2, -0.15) is 4.98 Å². The number of aromatic amines is 1. The number of imidazole rings is 1. The van der Waals surface area contributed by atoms with E-state index < -0.39 is 0 Å². The van der Waals surface area contributed by atoms with E-state index in [9.17, 15) is 0 Å². The lowest BCUT2D eigenvalue weighted by Crippen LogP contribution is -2.34. The van der Waals surface area contributed by atoms with E-state index in [1.165, 1.54) is 19.3 Å². The van der Waals surface area contributed by atoms with Gasteiger partial charge in [-0.25, -0.2) is 4.98 Å². The Hall–Kier alpha value is -1.69. The van der Waals surface area contributed by atoms with Crippen LogP contribution in [0.2, 0.25) is 0 Å². The third kappa shape index (κ3) is 2.59. The van der Waals surface area contributed by atoms with Crippen molar-refractivity contribution in [1.29, 1.82) is 0 Å². The Balaban J connectivity index is 1.57. The van der Waals surface area contributed by atoms with Gasteiger partial charge in [-0.05, 0) is 25.8 Å². The van der Waals surface area contributed by atoms with Crippen molar-refractivity contribution in [3.63, 3.8) is 0 Å². The minimum Gasteiger partial charge on any atom is -0.342 e. The molecule has 0 aliphatic carbocycles. The quantitative estimate of drug-likeness (QED) is 0.856. The zero-order chi connectivity index (χ0) is 12.2. The van der Waals surface area contributed by atoms with Crippen LogP contribution >= 0.6 is 0 Å². The molecule has 2 aromatic heterocycles. The molecule has 0 spiro atoms. The number of aromatic nitrogens is 4. The molecule has 1 aliphatic heterocycles. The maximum absolute atomic E-state index is 5.23. The fourth-order valence-electron chi connectivity index (χ4n) is 2.31. The summed E-state index contributed by atoms with van der Waals surface area (Å²) >= 11 is 0. The molecule has 3 rings (SSSR count). The summed E-state index contributed by atoms with van der Waals surface area (Å²) in [6.07, 6.45) is 9.16. The average Bonchev–Trinajstić information content (AvgIpc) is 3.08. The Kier molecular flexibility index (Phi) is 3.36. The molecule has 0 aromatic carbocycles.